The van der Waals surface area contributed by atoms with E-state index in [1.165, 1.54) is 0 Å². The lowest BCUT2D eigenvalue weighted by Gasteiger charge is -2.13. The van der Waals surface area contributed by atoms with Crippen LogP contribution in [0.25, 0.3) is 0 Å². The van der Waals surface area contributed by atoms with Gasteiger partial charge in [0.25, 0.3) is 0 Å². The zero-order valence-corrected chi connectivity index (χ0v) is 15.5. The van der Waals surface area contributed by atoms with Gasteiger partial charge in [0.15, 0.2) is 0 Å². The van der Waals surface area contributed by atoms with Crippen molar-refractivity contribution in [1.29, 1.82) is 0 Å². The Balaban J connectivity index is 0. The molecule has 0 amide bonds. The second-order valence-corrected chi connectivity index (χ2v) is 5.11. The van der Waals surface area contributed by atoms with Gasteiger partial charge >= 0.3 is 5.97 Å². The van der Waals surface area contributed by atoms with Gasteiger partial charge in [0.1, 0.15) is 0 Å². The van der Waals surface area contributed by atoms with Gasteiger partial charge in [-0.15, -0.1) is 0 Å². The highest BCUT2D eigenvalue weighted by atomic mass is 79.9. The molecule has 0 aromatic heterocycles. The highest BCUT2D eigenvalue weighted by Crippen LogP contribution is 2.21. The smallest absolute Gasteiger partial charge is 0.306 e. The Morgan fingerprint density at radius 1 is 1.05 bits per heavy atom. The second kappa shape index (κ2) is 13.2. The highest BCUT2D eigenvalue weighted by Gasteiger charge is 2.13. The topological polar surface area (TPSA) is 26.3 Å². The summed E-state index contributed by atoms with van der Waals surface area (Å²) >= 11 is 3.39. The molecule has 1 aromatic carbocycles. The van der Waals surface area contributed by atoms with Crippen molar-refractivity contribution in [3.63, 3.8) is 0 Å². The number of benzene rings is 1. The molecular formula is C17H29BrO2. The van der Waals surface area contributed by atoms with Crippen LogP contribution in [0.3, 0.4) is 0 Å². The highest BCUT2D eigenvalue weighted by molar-refractivity contribution is 9.10. The number of hydrogen-bond acceptors (Lipinski definition) is 2. The standard InChI is InChI=1S/C13H17BrO2.2C2H6/c1-9(2)16-13(15)8-10(3)11-4-6-12(14)7-5-11;2*1-2/h4-7,9-10H,8H2,1-3H3;2*1-2H3. The van der Waals surface area contributed by atoms with Gasteiger partial charge < -0.3 is 4.74 Å². The lowest BCUT2D eigenvalue weighted by Crippen LogP contribution is -2.13. The molecule has 116 valence electrons. The lowest BCUT2D eigenvalue weighted by atomic mass is 9.98. The number of carbonyl (C=O) groups is 1. The van der Waals surface area contributed by atoms with Crippen molar-refractivity contribution in [3.8, 4) is 0 Å². The van der Waals surface area contributed by atoms with Crippen molar-refractivity contribution in [3.05, 3.63) is 34.3 Å². The first-order valence-corrected chi connectivity index (χ1v) is 8.23. The van der Waals surface area contributed by atoms with Crippen LogP contribution in [0.4, 0.5) is 0 Å². The van der Waals surface area contributed by atoms with E-state index in [4.69, 9.17) is 4.74 Å². The fourth-order valence-corrected chi connectivity index (χ4v) is 1.73. The molecule has 0 radical (unpaired) electrons. The Morgan fingerprint density at radius 3 is 1.90 bits per heavy atom. The molecule has 20 heavy (non-hydrogen) atoms. The van der Waals surface area contributed by atoms with Crippen LogP contribution in [0.15, 0.2) is 28.7 Å². The monoisotopic (exact) mass is 344 g/mol. The Labute approximate surface area is 133 Å². The molecule has 1 atom stereocenters. The molecule has 0 aliphatic heterocycles. The van der Waals surface area contributed by atoms with Gasteiger partial charge in [0.05, 0.1) is 12.5 Å². The molecule has 0 spiro atoms. The molecule has 0 bridgehead atoms. The van der Waals surface area contributed by atoms with E-state index in [0.717, 1.165) is 10.0 Å². The largest absolute Gasteiger partial charge is 0.463 e. The van der Waals surface area contributed by atoms with E-state index in [1.807, 2.05) is 72.7 Å². The van der Waals surface area contributed by atoms with Crippen LogP contribution in [0.5, 0.6) is 0 Å². The number of carbonyl (C=O) groups excluding carboxylic acids is 1. The zero-order valence-electron chi connectivity index (χ0n) is 13.9. The third kappa shape index (κ3) is 10.0. The van der Waals surface area contributed by atoms with E-state index in [9.17, 15) is 4.79 Å². The number of rotatable bonds is 4. The van der Waals surface area contributed by atoms with Crippen LogP contribution in [-0.4, -0.2) is 12.1 Å². The van der Waals surface area contributed by atoms with Crippen molar-refractivity contribution in [2.75, 3.05) is 0 Å². The molecule has 1 rings (SSSR count). The number of ether oxygens (including phenoxy) is 1. The second-order valence-electron chi connectivity index (χ2n) is 4.20. The summed E-state index contributed by atoms with van der Waals surface area (Å²) in [4.78, 5) is 11.5. The van der Waals surface area contributed by atoms with Crippen LogP contribution < -0.4 is 0 Å². The van der Waals surface area contributed by atoms with Crippen LogP contribution >= 0.6 is 15.9 Å². The van der Waals surface area contributed by atoms with Crippen molar-refractivity contribution in [1.82, 2.24) is 0 Å². The van der Waals surface area contributed by atoms with Gasteiger partial charge in [-0.1, -0.05) is 62.7 Å². The van der Waals surface area contributed by atoms with Crippen LogP contribution in [-0.2, 0) is 9.53 Å². The van der Waals surface area contributed by atoms with E-state index < -0.39 is 0 Å². The third-order valence-corrected chi connectivity index (χ3v) is 2.81. The molecule has 0 aliphatic rings. The SMILES string of the molecule is CC.CC.CC(C)OC(=O)CC(C)c1ccc(Br)cc1. The minimum atomic E-state index is -0.134. The molecule has 0 saturated carbocycles. The van der Waals surface area contributed by atoms with Gasteiger partial charge in [-0.25, -0.2) is 0 Å². The Morgan fingerprint density at radius 2 is 1.50 bits per heavy atom. The third-order valence-electron chi connectivity index (χ3n) is 2.28. The van der Waals surface area contributed by atoms with E-state index >= 15 is 0 Å². The summed E-state index contributed by atoms with van der Waals surface area (Å²) in [6, 6.07) is 8.02. The minimum absolute atomic E-state index is 0.0374. The Bertz CT molecular complexity index is 345. The predicted molar refractivity (Wildman–Crippen MR) is 91.1 cm³/mol. The first-order valence-electron chi connectivity index (χ1n) is 7.44. The van der Waals surface area contributed by atoms with E-state index in [2.05, 4.69) is 15.9 Å². The number of hydrogen-bond donors (Lipinski definition) is 0. The maximum absolute atomic E-state index is 11.5. The molecule has 0 fully saturated rings. The fourth-order valence-electron chi connectivity index (χ4n) is 1.47. The van der Waals surface area contributed by atoms with E-state index in [0.29, 0.717) is 6.42 Å². The van der Waals surface area contributed by atoms with Crippen LogP contribution in [0, 0.1) is 0 Å². The van der Waals surface area contributed by atoms with Crippen molar-refractivity contribution in [2.45, 2.75) is 66.9 Å². The average Bonchev–Trinajstić information content (AvgIpc) is 2.43. The minimum Gasteiger partial charge on any atom is -0.463 e. The summed E-state index contributed by atoms with van der Waals surface area (Å²) in [5, 5.41) is 0. The number of esters is 1. The summed E-state index contributed by atoms with van der Waals surface area (Å²) in [6.07, 6.45) is 0.393. The normalized spacial score (nSPS) is 10.7. The molecule has 0 heterocycles. The Kier molecular flexibility index (Phi) is 14.1. The maximum atomic E-state index is 11.5. The fraction of sp³-hybridized carbons (Fsp3) is 0.588. The average molecular weight is 345 g/mol. The van der Waals surface area contributed by atoms with Crippen molar-refractivity contribution in [2.24, 2.45) is 0 Å². The van der Waals surface area contributed by atoms with Gasteiger partial charge in [0, 0.05) is 4.47 Å². The van der Waals surface area contributed by atoms with E-state index in [1.54, 1.807) is 0 Å². The molecule has 3 heteroatoms. The lowest BCUT2D eigenvalue weighted by molar-refractivity contribution is -0.147. The van der Waals surface area contributed by atoms with Gasteiger partial charge in [-0.2, -0.15) is 0 Å². The Hall–Kier alpha value is -0.830. The van der Waals surface area contributed by atoms with Gasteiger partial charge in [-0.05, 0) is 37.5 Å². The quantitative estimate of drug-likeness (QED) is 0.631. The summed E-state index contributed by atoms with van der Waals surface area (Å²) in [5.41, 5.74) is 1.16. The zero-order chi connectivity index (χ0) is 16.1. The molecule has 0 aliphatic carbocycles. The van der Waals surface area contributed by atoms with E-state index in [-0.39, 0.29) is 18.0 Å². The summed E-state index contributed by atoms with van der Waals surface area (Å²) in [6.45, 7) is 13.8. The first kappa shape index (κ1) is 21.5. The molecule has 0 N–H and O–H groups in total. The predicted octanol–water partition coefficient (Wildman–Crippen LogP) is 5.95. The number of halogens is 1. The van der Waals surface area contributed by atoms with Crippen molar-refractivity contribution >= 4 is 21.9 Å². The molecule has 1 aromatic rings. The molecular weight excluding hydrogens is 316 g/mol. The summed E-state index contributed by atoms with van der Waals surface area (Å²) in [5.74, 6) is 0.0600. The van der Waals surface area contributed by atoms with Crippen LogP contribution in [0.1, 0.15) is 66.4 Å². The summed E-state index contributed by atoms with van der Waals surface area (Å²) < 4.78 is 6.17. The molecule has 0 saturated heterocycles. The van der Waals surface area contributed by atoms with Gasteiger partial charge in [0.2, 0.25) is 0 Å². The first-order chi connectivity index (χ1) is 9.49. The maximum Gasteiger partial charge on any atom is 0.306 e. The van der Waals surface area contributed by atoms with Crippen LogP contribution in [0.2, 0.25) is 0 Å². The van der Waals surface area contributed by atoms with Crippen molar-refractivity contribution < 1.29 is 9.53 Å². The molecule has 1 unspecified atom stereocenters. The molecule has 2 nitrogen and oxygen atoms in total. The van der Waals surface area contributed by atoms with Gasteiger partial charge in [-0.3, -0.25) is 4.79 Å². The summed E-state index contributed by atoms with van der Waals surface area (Å²) in [7, 11) is 0.